The van der Waals surface area contributed by atoms with E-state index < -0.39 is 6.61 Å². The van der Waals surface area contributed by atoms with Gasteiger partial charge in [-0.3, -0.25) is 0 Å². The lowest BCUT2D eigenvalue weighted by Crippen LogP contribution is -2.10. The van der Waals surface area contributed by atoms with Crippen molar-refractivity contribution in [2.45, 2.75) is 6.61 Å². The summed E-state index contributed by atoms with van der Waals surface area (Å²) >= 11 is 0. The molecule has 0 unspecified atom stereocenters. The maximum absolute atomic E-state index is 12.3. The number of ether oxygens (including phenoxy) is 1. The van der Waals surface area contributed by atoms with Gasteiger partial charge in [0.05, 0.1) is 11.4 Å². The van der Waals surface area contributed by atoms with Crippen molar-refractivity contribution in [3.63, 3.8) is 0 Å². The molecular weight excluding hydrogens is 366 g/mol. The minimum Gasteiger partial charge on any atom is -0.435 e. The molecule has 7 nitrogen and oxygen atoms in total. The number of anilines is 1. The molecule has 1 aromatic carbocycles. The maximum Gasteiger partial charge on any atom is 0.387 e. The number of nitrogens with zero attached hydrogens (tertiary/aromatic N) is 6. The molecule has 3 heterocycles. The van der Waals surface area contributed by atoms with Crippen molar-refractivity contribution in [3.8, 4) is 28.3 Å². The molecule has 0 amide bonds. The molecule has 0 aliphatic rings. The highest BCUT2D eigenvalue weighted by molar-refractivity contribution is 5.70. The number of rotatable bonds is 5. The van der Waals surface area contributed by atoms with Gasteiger partial charge in [-0.05, 0) is 42.5 Å². The molecule has 0 aliphatic carbocycles. The van der Waals surface area contributed by atoms with E-state index >= 15 is 0 Å². The zero-order valence-corrected chi connectivity index (χ0v) is 15.1. The van der Waals surface area contributed by atoms with E-state index in [1.54, 1.807) is 22.8 Å². The van der Waals surface area contributed by atoms with Gasteiger partial charge in [-0.2, -0.15) is 23.4 Å². The Labute approximate surface area is 159 Å². The Morgan fingerprint density at radius 3 is 2.39 bits per heavy atom. The summed E-state index contributed by atoms with van der Waals surface area (Å²) in [5.41, 5.74) is 2.99. The molecule has 0 saturated heterocycles. The van der Waals surface area contributed by atoms with E-state index in [4.69, 9.17) is 0 Å². The van der Waals surface area contributed by atoms with Gasteiger partial charge in [0, 0.05) is 31.4 Å². The normalized spacial score (nSPS) is 11.2. The van der Waals surface area contributed by atoms with E-state index in [0.29, 0.717) is 11.5 Å². The monoisotopic (exact) mass is 382 g/mol. The molecule has 0 fully saturated rings. The number of halogens is 2. The highest BCUT2D eigenvalue weighted by atomic mass is 19.3. The van der Waals surface area contributed by atoms with Gasteiger partial charge in [0.15, 0.2) is 0 Å². The van der Waals surface area contributed by atoms with Crippen LogP contribution in [0.2, 0.25) is 0 Å². The van der Waals surface area contributed by atoms with Gasteiger partial charge in [0.2, 0.25) is 0 Å². The number of pyridine rings is 1. The smallest absolute Gasteiger partial charge is 0.387 e. The topological polar surface area (TPSA) is 68.4 Å². The summed E-state index contributed by atoms with van der Waals surface area (Å²) in [4.78, 5) is 15.0. The Bertz CT molecular complexity index is 1090. The first-order valence-corrected chi connectivity index (χ1v) is 8.41. The molecule has 0 saturated carbocycles. The SMILES string of the molecule is CN(C)c1ccc(-c2cc(-c3ccc(OC(F)F)cc3)nc3ncnn23)cn1. The number of aromatic nitrogens is 5. The maximum atomic E-state index is 12.3. The van der Waals surface area contributed by atoms with Gasteiger partial charge in [-0.15, -0.1) is 0 Å². The van der Waals surface area contributed by atoms with Crippen LogP contribution in [0, 0.1) is 0 Å². The molecule has 0 N–H and O–H groups in total. The van der Waals surface area contributed by atoms with Crippen molar-refractivity contribution in [1.82, 2.24) is 24.6 Å². The molecule has 0 aliphatic heterocycles. The average Bonchev–Trinajstić information content (AvgIpc) is 3.16. The van der Waals surface area contributed by atoms with Crippen molar-refractivity contribution in [2.24, 2.45) is 0 Å². The molecule has 9 heteroatoms. The number of fused-ring (bicyclic) bond motifs is 1. The first-order valence-electron chi connectivity index (χ1n) is 8.41. The Balaban J connectivity index is 1.77. The van der Waals surface area contributed by atoms with Gasteiger partial charge in [0.25, 0.3) is 5.78 Å². The summed E-state index contributed by atoms with van der Waals surface area (Å²) in [6.45, 7) is -2.86. The van der Waals surface area contributed by atoms with Crippen molar-refractivity contribution in [2.75, 3.05) is 19.0 Å². The van der Waals surface area contributed by atoms with Crippen LogP contribution in [0.4, 0.5) is 14.6 Å². The zero-order valence-electron chi connectivity index (χ0n) is 15.1. The minimum atomic E-state index is -2.86. The van der Waals surface area contributed by atoms with Gasteiger partial charge < -0.3 is 9.64 Å². The van der Waals surface area contributed by atoms with E-state index in [1.165, 1.54) is 18.5 Å². The third-order valence-electron chi connectivity index (χ3n) is 4.13. The molecule has 3 aromatic heterocycles. The molecule has 142 valence electrons. The van der Waals surface area contributed by atoms with Gasteiger partial charge in [-0.25, -0.2) is 9.97 Å². The zero-order chi connectivity index (χ0) is 19.7. The Kier molecular flexibility index (Phi) is 4.56. The van der Waals surface area contributed by atoms with Crippen molar-refractivity contribution < 1.29 is 13.5 Å². The van der Waals surface area contributed by atoms with Crippen LogP contribution in [0.3, 0.4) is 0 Å². The van der Waals surface area contributed by atoms with E-state index in [-0.39, 0.29) is 5.75 Å². The lowest BCUT2D eigenvalue weighted by atomic mass is 10.1. The fourth-order valence-corrected chi connectivity index (χ4v) is 2.77. The van der Waals surface area contributed by atoms with E-state index in [2.05, 4.69) is 24.8 Å². The first kappa shape index (κ1) is 17.8. The van der Waals surface area contributed by atoms with Gasteiger partial charge in [0.1, 0.15) is 17.9 Å². The third kappa shape index (κ3) is 3.46. The van der Waals surface area contributed by atoms with Crippen LogP contribution >= 0.6 is 0 Å². The first-order chi connectivity index (χ1) is 13.5. The van der Waals surface area contributed by atoms with Crippen molar-refractivity contribution in [3.05, 3.63) is 55.0 Å². The van der Waals surface area contributed by atoms with E-state index in [9.17, 15) is 8.78 Å². The molecule has 0 bridgehead atoms. The number of alkyl halides is 2. The number of benzene rings is 1. The second-order valence-electron chi connectivity index (χ2n) is 6.20. The van der Waals surface area contributed by atoms with Crippen molar-refractivity contribution >= 4 is 11.6 Å². The quantitative estimate of drug-likeness (QED) is 0.526. The van der Waals surface area contributed by atoms with Gasteiger partial charge in [-0.1, -0.05) is 0 Å². The number of hydrogen-bond acceptors (Lipinski definition) is 6. The van der Waals surface area contributed by atoms with Crippen LogP contribution in [-0.2, 0) is 0 Å². The van der Waals surface area contributed by atoms with Crippen LogP contribution in [-0.4, -0.2) is 45.3 Å². The minimum absolute atomic E-state index is 0.0889. The van der Waals surface area contributed by atoms with Crippen LogP contribution in [0.5, 0.6) is 5.75 Å². The highest BCUT2D eigenvalue weighted by Crippen LogP contribution is 2.27. The predicted molar refractivity (Wildman–Crippen MR) is 100 cm³/mol. The standard InChI is InChI=1S/C19H16F2N6O/c1-26(2)17-8-5-13(10-22-17)16-9-15(25-19-23-11-24-27(16)19)12-3-6-14(7-4-12)28-18(20)21/h3-11,18H,1-2H3. The largest absolute Gasteiger partial charge is 0.435 e. The summed E-state index contributed by atoms with van der Waals surface area (Å²) in [5.74, 6) is 1.35. The van der Waals surface area contributed by atoms with E-state index in [0.717, 1.165) is 22.6 Å². The molecule has 28 heavy (non-hydrogen) atoms. The third-order valence-corrected chi connectivity index (χ3v) is 4.13. The summed E-state index contributed by atoms with van der Waals surface area (Å²) in [7, 11) is 3.84. The predicted octanol–water partition coefficient (Wildman–Crippen LogP) is 3.52. The molecule has 4 aromatic rings. The molecule has 4 rings (SSSR count). The van der Waals surface area contributed by atoms with Crippen molar-refractivity contribution in [1.29, 1.82) is 0 Å². The fourth-order valence-electron chi connectivity index (χ4n) is 2.77. The summed E-state index contributed by atoms with van der Waals surface area (Å²) < 4.78 is 30.7. The average molecular weight is 382 g/mol. The lowest BCUT2D eigenvalue weighted by molar-refractivity contribution is -0.0498. The van der Waals surface area contributed by atoms with Crippen LogP contribution in [0.25, 0.3) is 28.3 Å². The van der Waals surface area contributed by atoms with Crippen LogP contribution < -0.4 is 9.64 Å². The van der Waals surface area contributed by atoms with Gasteiger partial charge >= 0.3 is 6.61 Å². The summed E-state index contributed by atoms with van der Waals surface area (Å²) in [6.07, 6.45) is 3.19. The Morgan fingerprint density at radius 2 is 1.75 bits per heavy atom. The molecular formula is C19H16F2N6O. The lowest BCUT2D eigenvalue weighted by Gasteiger charge is -2.12. The van der Waals surface area contributed by atoms with Crippen LogP contribution in [0.15, 0.2) is 55.0 Å². The van der Waals surface area contributed by atoms with Crippen LogP contribution in [0.1, 0.15) is 0 Å². The summed E-state index contributed by atoms with van der Waals surface area (Å²) in [5, 5.41) is 4.24. The van der Waals surface area contributed by atoms with E-state index in [1.807, 2.05) is 37.2 Å². The molecule has 0 spiro atoms. The molecule has 0 radical (unpaired) electrons. The Morgan fingerprint density at radius 1 is 1.00 bits per heavy atom. The summed E-state index contributed by atoms with van der Waals surface area (Å²) in [6, 6.07) is 12.0. The second-order valence-corrected chi connectivity index (χ2v) is 6.20. The fraction of sp³-hybridized carbons (Fsp3) is 0.158. The highest BCUT2D eigenvalue weighted by Gasteiger charge is 2.12. The Hall–Kier alpha value is -3.62. The second kappa shape index (κ2) is 7.18. The molecule has 0 atom stereocenters. The number of hydrogen-bond donors (Lipinski definition) is 0.